The van der Waals surface area contributed by atoms with Crippen LogP contribution in [0.25, 0.3) is 0 Å². The highest BCUT2D eigenvalue weighted by molar-refractivity contribution is 4.92. The fourth-order valence-electron chi connectivity index (χ4n) is 2.64. The van der Waals surface area contributed by atoms with Crippen LogP contribution in [0, 0.1) is 6.92 Å². The second-order valence-corrected chi connectivity index (χ2v) is 4.88. The summed E-state index contributed by atoms with van der Waals surface area (Å²) in [7, 11) is 0. The van der Waals surface area contributed by atoms with Crippen LogP contribution in [0.3, 0.4) is 0 Å². The van der Waals surface area contributed by atoms with E-state index in [4.69, 9.17) is 14.0 Å². The molecule has 0 aliphatic carbocycles. The van der Waals surface area contributed by atoms with E-state index >= 15 is 0 Å². The van der Waals surface area contributed by atoms with Crippen molar-refractivity contribution in [3.63, 3.8) is 0 Å². The standard InChI is InChI=1S/C12H19N3O3/c1-9-13-12(18-14-9)11-8-15(4-7-17-11)10-2-5-16-6-3-10/h10-11H,2-8H2,1H3/t11-/m1/s1. The lowest BCUT2D eigenvalue weighted by Gasteiger charge is -2.38. The summed E-state index contributed by atoms with van der Waals surface area (Å²) in [4.78, 5) is 6.73. The minimum absolute atomic E-state index is 0.0807. The minimum Gasteiger partial charge on any atom is -0.381 e. The smallest absolute Gasteiger partial charge is 0.257 e. The van der Waals surface area contributed by atoms with Crippen LogP contribution in [-0.2, 0) is 9.47 Å². The van der Waals surface area contributed by atoms with Gasteiger partial charge in [-0.25, -0.2) is 0 Å². The largest absolute Gasteiger partial charge is 0.381 e. The Labute approximate surface area is 106 Å². The zero-order valence-corrected chi connectivity index (χ0v) is 10.7. The summed E-state index contributed by atoms with van der Waals surface area (Å²) in [5, 5.41) is 3.82. The van der Waals surface area contributed by atoms with E-state index in [1.54, 1.807) is 0 Å². The second-order valence-electron chi connectivity index (χ2n) is 4.88. The SMILES string of the molecule is Cc1noc([C@H]2CN(C3CCOCC3)CCO2)n1. The van der Waals surface area contributed by atoms with Gasteiger partial charge in [-0.15, -0.1) is 0 Å². The van der Waals surface area contributed by atoms with E-state index in [-0.39, 0.29) is 6.10 Å². The van der Waals surface area contributed by atoms with Gasteiger partial charge in [-0.2, -0.15) is 4.98 Å². The number of rotatable bonds is 2. The second kappa shape index (κ2) is 5.34. The number of aromatic nitrogens is 2. The average Bonchev–Trinajstić information content (AvgIpc) is 2.87. The molecule has 3 rings (SSSR count). The minimum atomic E-state index is -0.0807. The van der Waals surface area contributed by atoms with Crippen molar-refractivity contribution in [3.05, 3.63) is 11.7 Å². The Bertz CT molecular complexity index is 390. The molecule has 0 bridgehead atoms. The van der Waals surface area contributed by atoms with Crippen LogP contribution in [0.15, 0.2) is 4.52 Å². The first-order valence-electron chi connectivity index (χ1n) is 6.56. The van der Waals surface area contributed by atoms with Crippen LogP contribution in [0.5, 0.6) is 0 Å². The third kappa shape index (κ3) is 2.55. The molecular weight excluding hydrogens is 234 g/mol. The molecule has 18 heavy (non-hydrogen) atoms. The van der Waals surface area contributed by atoms with Crippen molar-refractivity contribution in [2.24, 2.45) is 0 Å². The van der Waals surface area contributed by atoms with Crippen molar-refractivity contribution in [2.75, 3.05) is 32.9 Å². The lowest BCUT2D eigenvalue weighted by atomic mass is 10.1. The topological polar surface area (TPSA) is 60.6 Å². The first kappa shape index (κ1) is 12.1. The zero-order valence-electron chi connectivity index (χ0n) is 10.7. The number of morpholine rings is 1. The van der Waals surface area contributed by atoms with Gasteiger partial charge >= 0.3 is 0 Å². The number of hydrogen-bond donors (Lipinski definition) is 0. The van der Waals surface area contributed by atoms with Gasteiger partial charge in [0.15, 0.2) is 5.82 Å². The van der Waals surface area contributed by atoms with E-state index in [2.05, 4.69) is 15.0 Å². The molecule has 2 aliphatic heterocycles. The normalized spacial score (nSPS) is 27.5. The van der Waals surface area contributed by atoms with Gasteiger partial charge in [0.1, 0.15) is 6.10 Å². The predicted octanol–water partition coefficient (Wildman–Crippen LogP) is 0.930. The lowest BCUT2D eigenvalue weighted by molar-refractivity contribution is -0.0735. The van der Waals surface area contributed by atoms with Crippen LogP contribution < -0.4 is 0 Å². The Morgan fingerprint density at radius 1 is 1.22 bits per heavy atom. The van der Waals surface area contributed by atoms with Crippen molar-refractivity contribution in [2.45, 2.75) is 31.9 Å². The first-order chi connectivity index (χ1) is 8.83. The fraction of sp³-hybridized carbons (Fsp3) is 0.833. The van der Waals surface area contributed by atoms with Gasteiger partial charge < -0.3 is 14.0 Å². The highest BCUT2D eigenvalue weighted by Gasteiger charge is 2.31. The van der Waals surface area contributed by atoms with Crippen molar-refractivity contribution < 1.29 is 14.0 Å². The fourth-order valence-corrected chi connectivity index (χ4v) is 2.64. The molecule has 3 heterocycles. The maximum Gasteiger partial charge on any atom is 0.257 e. The van der Waals surface area contributed by atoms with E-state index in [1.165, 1.54) is 0 Å². The predicted molar refractivity (Wildman–Crippen MR) is 63.1 cm³/mol. The molecule has 1 aromatic heterocycles. The number of aryl methyl sites for hydroxylation is 1. The molecule has 0 radical (unpaired) electrons. The van der Waals surface area contributed by atoms with E-state index in [0.29, 0.717) is 17.8 Å². The highest BCUT2D eigenvalue weighted by Crippen LogP contribution is 2.24. The summed E-state index contributed by atoms with van der Waals surface area (Å²) >= 11 is 0. The molecular formula is C12H19N3O3. The monoisotopic (exact) mass is 253 g/mol. The molecule has 6 nitrogen and oxygen atoms in total. The van der Waals surface area contributed by atoms with Crippen molar-refractivity contribution >= 4 is 0 Å². The summed E-state index contributed by atoms with van der Waals surface area (Å²) in [5.41, 5.74) is 0. The number of nitrogens with zero attached hydrogens (tertiary/aromatic N) is 3. The maximum absolute atomic E-state index is 5.73. The summed E-state index contributed by atoms with van der Waals surface area (Å²) in [5.74, 6) is 1.26. The Morgan fingerprint density at radius 3 is 2.78 bits per heavy atom. The molecule has 100 valence electrons. The van der Waals surface area contributed by atoms with Crippen molar-refractivity contribution in [1.29, 1.82) is 0 Å². The Morgan fingerprint density at radius 2 is 2.06 bits per heavy atom. The van der Waals surface area contributed by atoms with Crippen LogP contribution in [0.4, 0.5) is 0 Å². The van der Waals surface area contributed by atoms with Crippen LogP contribution in [0.1, 0.15) is 30.7 Å². The molecule has 2 fully saturated rings. The molecule has 2 aliphatic rings. The molecule has 2 saturated heterocycles. The molecule has 1 atom stereocenters. The van der Waals surface area contributed by atoms with Crippen LogP contribution in [0.2, 0.25) is 0 Å². The number of ether oxygens (including phenoxy) is 2. The van der Waals surface area contributed by atoms with Crippen molar-refractivity contribution in [3.8, 4) is 0 Å². The third-order valence-electron chi connectivity index (χ3n) is 3.62. The van der Waals surface area contributed by atoms with E-state index in [9.17, 15) is 0 Å². The summed E-state index contributed by atoms with van der Waals surface area (Å²) < 4.78 is 16.3. The number of hydrogen-bond acceptors (Lipinski definition) is 6. The summed E-state index contributed by atoms with van der Waals surface area (Å²) in [6, 6.07) is 0.606. The quantitative estimate of drug-likeness (QED) is 0.781. The Hall–Kier alpha value is -0.980. The van der Waals surface area contributed by atoms with Gasteiger partial charge in [-0.3, -0.25) is 4.90 Å². The molecule has 0 unspecified atom stereocenters. The third-order valence-corrected chi connectivity index (χ3v) is 3.62. The summed E-state index contributed by atoms with van der Waals surface area (Å²) in [6.07, 6.45) is 2.13. The molecule has 0 amide bonds. The molecule has 0 spiro atoms. The van der Waals surface area contributed by atoms with Gasteiger partial charge in [-0.1, -0.05) is 5.16 Å². The van der Waals surface area contributed by atoms with Gasteiger partial charge in [-0.05, 0) is 19.8 Å². The van der Waals surface area contributed by atoms with Crippen LogP contribution >= 0.6 is 0 Å². The zero-order chi connectivity index (χ0) is 12.4. The lowest BCUT2D eigenvalue weighted by Crippen LogP contribution is -2.46. The highest BCUT2D eigenvalue weighted by atomic mass is 16.5. The van der Waals surface area contributed by atoms with Crippen LogP contribution in [-0.4, -0.2) is 54.0 Å². The van der Waals surface area contributed by atoms with Gasteiger partial charge in [0, 0.05) is 32.3 Å². The van der Waals surface area contributed by atoms with E-state index in [0.717, 1.165) is 45.8 Å². The average molecular weight is 253 g/mol. The molecule has 1 aromatic rings. The Balaban J connectivity index is 1.64. The van der Waals surface area contributed by atoms with Gasteiger partial charge in [0.05, 0.1) is 6.61 Å². The van der Waals surface area contributed by atoms with E-state index in [1.807, 2.05) is 6.92 Å². The van der Waals surface area contributed by atoms with Gasteiger partial charge in [0.2, 0.25) is 0 Å². The first-order valence-corrected chi connectivity index (χ1v) is 6.56. The van der Waals surface area contributed by atoms with E-state index < -0.39 is 0 Å². The van der Waals surface area contributed by atoms with Gasteiger partial charge in [0.25, 0.3) is 5.89 Å². The summed E-state index contributed by atoms with van der Waals surface area (Å²) in [6.45, 7) is 6.11. The van der Waals surface area contributed by atoms with Crippen molar-refractivity contribution in [1.82, 2.24) is 15.0 Å². The molecule has 0 saturated carbocycles. The molecule has 0 aromatic carbocycles. The Kier molecular flexibility index (Phi) is 3.58. The maximum atomic E-state index is 5.73. The molecule has 6 heteroatoms. The molecule has 0 N–H and O–H groups in total.